The molecule has 1 aliphatic carbocycles. The van der Waals surface area contributed by atoms with Gasteiger partial charge in [0.1, 0.15) is 5.76 Å². The fourth-order valence-electron chi connectivity index (χ4n) is 2.68. The van der Waals surface area contributed by atoms with Gasteiger partial charge in [-0.2, -0.15) is 4.31 Å². The number of nitrogens with one attached hydrogen (secondary N) is 1. The second kappa shape index (κ2) is 6.94. The van der Waals surface area contributed by atoms with E-state index in [1.54, 1.807) is 19.2 Å². The predicted molar refractivity (Wildman–Crippen MR) is 82.5 cm³/mol. The molecule has 0 bridgehead atoms. The molecule has 2 rings (SSSR count). The van der Waals surface area contributed by atoms with Crippen molar-refractivity contribution < 1.29 is 12.8 Å². The summed E-state index contributed by atoms with van der Waals surface area (Å²) in [6.07, 6.45) is 5.30. The van der Waals surface area contributed by atoms with E-state index < -0.39 is 10.0 Å². The third-order valence-electron chi connectivity index (χ3n) is 4.04. The fourth-order valence-corrected chi connectivity index (χ4v) is 4.02. The lowest BCUT2D eigenvalue weighted by molar-refractivity contribution is 0.277. The molecule has 1 heterocycles. The van der Waals surface area contributed by atoms with Crippen molar-refractivity contribution in [2.24, 2.45) is 0 Å². The largest absolute Gasteiger partial charge is 0.447 e. The van der Waals surface area contributed by atoms with Gasteiger partial charge >= 0.3 is 0 Å². The van der Waals surface area contributed by atoms with Gasteiger partial charge in [0.15, 0.2) is 0 Å². The summed E-state index contributed by atoms with van der Waals surface area (Å²) in [5.74, 6) is 0.652. The topological polar surface area (TPSA) is 62.6 Å². The smallest absolute Gasteiger partial charge is 0.276 e. The third kappa shape index (κ3) is 4.08. The van der Waals surface area contributed by atoms with E-state index in [0.717, 1.165) is 25.7 Å². The van der Waals surface area contributed by atoms with Crippen LogP contribution in [0.2, 0.25) is 0 Å². The van der Waals surface area contributed by atoms with Crippen molar-refractivity contribution in [1.82, 2.24) is 9.62 Å². The summed E-state index contributed by atoms with van der Waals surface area (Å²) in [6.45, 7) is 4.62. The van der Waals surface area contributed by atoms with E-state index in [1.807, 2.05) is 13.8 Å². The van der Waals surface area contributed by atoms with Crippen molar-refractivity contribution in [1.29, 1.82) is 0 Å². The Kier molecular flexibility index (Phi) is 5.46. The normalized spacial score (nSPS) is 17.8. The molecule has 21 heavy (non-hydrogen) atoms. The van der Waals surface area contributed by atoms with Crippen LogP contribution in [0.1, 0.15) is 51.7 Å². The van der Waals surface area contributed by atoms with Gasteiger partial charge in [0.2, 0.25) is 5.09 Å². The van der Waals surface area contributed by atoms with Gasteiger partial charge in [0, 0.05) is 19.1 Å². The zero-order chi connectivity index (χ0) is 15.5. The monoisotopic (exact) mass is 314 g/mol. The summed E-state index contributed by atoms with van der Waals surface area (Å²) in [4.78, 5) is 0. The van der Waals surface area contributed by atoms with Crippen LogP contribution in [-0.2, 0) is 16.6 Å². The average molecular weight is 314 g/mol. The Labute approximate surface area is 127 Å². The molecule has 5 nitrogen and oxygen atoms in total. The third-order valence-corrected chi connectivity index (χ3v) is 5.83. The van der Waals surface area contributed by atoms with Crippen LogP contribution < -0.4 is 5.32 Å². The summed E-state index contributed by atoms with van der Waals surface area (Å²) in [7, 11) is -1.85. The SMILES string of the molecule is CC(C)NCc1ccc(S(=O)(=O)N(C)C2CCCCC2)o1. The minimum Gasteiger partial charge on any atom is -0.447 e. The number of hydrogen-bond acceptors (Lipinski definition) is 4. The molecule has 1 aromatic heterocycles. The van der Waals surface area contributed by atoms with Crippen LogP contribution in [0.3, 0.4) is 0 Å². The molecule has 1 saturated carbocycles. The van der Waals surface area contributed by atoms with E-state index in [9.17, 15) is 8.42 Å². The van der Waals surface area contributed by atoms with Gasteiger partial charge in [-0.1, -0.05) is 33.1 Å². The van der Waals surface area contributed by atoms with Gasteiger partial charge in [0.05, 0.1) is 6.54 Å². The van der Waals surface area contributed by atoms with Crippen LogP contribution in [0.15, 0.2) is 21.6 Å². The molecule has 1 aliphatic rings. The van der Waals surface area contributed by atoms with E-state index in [1.165, 1.54) is 10.7 Å². The minimum atomic E-state index is -3.52. The van der Waals surface area contributed by atoms with Gasteiger partial charge in [0.25, 0.3) is 10.0 Å². The predicted octanol–water partition coefficient (Wildman–Crippen LogP) is 2.73. The molecule has 0 unspecified atom stereocenters. The second-order valence-electron chi connectivity index (χ2n) is 6.07. The number of furan rings is 1. The molecule has 0 aromatic carbocycles. The van der Waals surface area contributed by atoms with E-state index in [-0.39, 0.29) is 11.1 Å². The maximum atomic E-state index is 12.6. The Morgan fingerprint density at radius 3 is 2.57 bits per heavy atom. The van der Waals surface area contributed by atoms with E-state index in [4.69, 9.17) is 4.42 Å². The van der Waals surface area contributed by atoms with Gasteiger partial charge in [-0.15, -0.1) is 0 Å². The van der Waals surface area contributed by atoms with Crippen molar-refractivity contribution in [3.05, 3.63) is 17.9 Å². The van der Waals surface area contributed by atoms with Gasteiger partial charge in [-0.05, 0) is 25.0 Å². The molecule has 1 aromatic rings. The Bertz CT molecular complexity index is 545. The maximum Gasteiger partial charge on any atom is 0.276 e. The Morgan fingerprint density at radius 1 is 1.29 bits per heavy atom. The number of nitrogens with zero attached hydrogens (tertiary/aromatic N) is 1. The zero-order valence-electron chi connectivity index (χ0n) is 13.1. The van der Waals surface area contributed by atoms with Gasteiger partial charge in [-0.25, -0.2) is 8.42 Å². The lowest BCUT2D eigenvalue weighted by Crippen LogP contribution is -2.38. The van der Waals surface area contributed by atoms with Crippen LogP contribution in [0, 0.1) is 0 Å². The molecular formula is C15H26N2O3S. The van der Waals surface area contributed by atoms with Gasteiger partial charge < -0.3 is 9.73 Å². The minimum absolute atomic E-state index is 0.0520. The fraction of sp³-hybridized carbons (Fsp3) is 0.733. The summed E-state index contributed by atoms with van der Waals surface area (Å²) in [6, 6.07) is 3.73. The molecular weight excluding hydrogens is 288 g/mol. The Hall–Kier alpha value is -0.850. The highest BCUT2D eigenvalue weighted by Gasteiger charge is 2.31. The van der Waals surface area contributed by atoms with Crippen molar-refractivity contribution in [2.75, 3.05) is 7.05 Å². The van der Waals surface area contributed by atoms with E-state index in [0.29, 0.717) is 18.3 Å². The first kappa shape index (κ1) is 16.5. The highest BCUT2D eigenvalue weighted by Crippen LogP contribution is 2.27. The average Bonchev–Trinajstić information content (AvgIpc) is 2.95. The van der Waals surface area contributed by atoms with Crippen LogP contribution in [0.5, 0.6) is 0 Å². The molecule has 0 spiro atoms. The lowest BCUT2D eigenvalue weighted by Gasteiger charge is -2.29. The number of hydrogen-bond donors (Lipinski definition) is 1. The standard InChI is InChI=1S/C15H26N2O3S/c1-12(2)16-11-14-9-10-15(20-14)21(18,19)17(3)13-7-5-4-6-8-13/h9-10,12-13,16H,4-8,11H2,1-3H3. The summed E-state index contributed by atoms with van der Waals surface area (Å²) in [5.41, 5.74) is 0. The van der Waals surface area contributed by atoms with Crippen LogP contribution >= 0.6 is 0 Å². The summed E-state index contributed by atoms with van der Waals surface area (Å²) < 4.78 is 32.2. The molecule has 0 atom stereocenters. The first-order valence-corrected chi connectivity index (χ1v) is 9.15. The number of rotatable bonds is 6. The molecule has 0 aliphatic heterocycles. The van der Waals surface area contributed by atoms with E-state index in [2.05, 4.69) is 5.32 Å². The maximum absolute atomic E-state index is 12.6. The molecule has 0 amide bonds. The van der Waals surface area contributed by atoms with Crippen LogP contribution in [0.25, 0.3) is 0 Å². The second-order valence-corrected chi connectivity index (χ2v) is 8.00. The molecule has 1 N–H and O–H groups in total. The Balaban J connectivity index is 2.07. The van der Waals surface area contributed by atoms with Crippen molar-refractivity contribution in [3.8, 4) is 0 Å². The molecule has 0 radical (unpaired) electrons. The highest BCUT2D eigenvalue weighted by molar-refractivity contribution is 7.89. The quantitative estimate of drug-likeness (QED) is 0.877. The van der Waals surface area contributed by atoms with Gasteiger partial charge in [-0.3, -0.25) is 0 Å². The van der Waals surface area contributed by atoms with Crippen molar-refractivity contribution in [3.63, 3.8) is 0 Å². The molecule has 1 fully saturated rings. The van der Waals surface area contributed by atoms with Crippen LogP contribution in [0.4, 0.5) is 0 Å². The highest BCUT2D eigenvalue weighted by atomic mass is 32.2. The molecule has 0 saturated heterocycles. The molecule has 120 valence electrons. The Morgan fingerprint density at radius 2 is 1.95 bits per heavy atom. The van der Waals surface area contributed by atoms with Crippen molar-refractivity contribution >= 4 is 10.0 Å². The summed E-state index contributed by atoms with van der Waals surface area (Å²) in [5, 5.41) is 3.27. The first-order chi connectivity index (χ1) is 9.91. The van der Waals surface area contributed by atoms with E-state index >= 15 is 0 Å². The molecule has 6 heteroatoms. The van der Waals surface area contributed by atoms with Crippen molar-refractivity contribution in [2.45, 2.75) is 69.7 Å². The zero-order valence-corrected chi connectivity index (χ0v) is 13.9. The first-order valence-electron chi connectivity index (χ1n) is 7.71. The number of sulfonamides is 1. The lowest BCUT2D eigenvalue weighted by atomic mass is 9.96. The van der Waals surface area contributed by atoms with Crippen LogP contribution in [-0.4, -0.2) is 31.9 Å². The summed E-state index contributed by atoms with van der Waals surface area (Å²) >= 11 is 0.